The van der Waals surface area contributed by atoms with Gasteiger partial charge in [0.05, 0.1) is 12.7 Å². The van der Waals surface area contributed by atoms with Gasteiger partial charge in [0.1, 0.15) is 0 Å². The number of benzene rings is 2. The first kappa shape index (κ1) is 20.5. The summed E-state index contributed by atoms with van der Waals surface area (Å²) in [6, 6.07) is 19.0. The van der Waals surface area contributed by atoms with E-state index in [1.54, 1.807) is 18.6 Å². The molecule has 31 heavy (non-hydrogen) atoms. The number of carbonyl (C=O) groups is 1. The molecule has 2 amide bonds. The van der Waals surface area contributed by atoms with Crippen LogP contribution in [0.2, 0.25) is 0 Å². The molecule has 0 radical (unpaired) electrons. The molecule has 0 aliphatic heterocycles. The lowest BCUT2D eigenvalue weighted by atomic mass is 10.2. The van der Waals surface area contributed by atoms with Crippen LogP contribution in [0.25, 0.3) is 11.3 Å². The summed E-state index contributed by atoms with van der Waals surface area (Å²) in [5.41, 5.74) is 4.27. The van der Waals surface area contributed by atoms with Gasteiger partial charge in [0.15, 0.2) is 5.76 Å². The van der Waals surface area contributed by atoms with Crippen LogP contribution < -0.4 is 10.6 Å². The number of hydrogen-bond donors (Lipinski definition) is 3. The molecule has 8 heteroatoms. The van der Waals surface area contributed by atoms with Gasteiger partial charge in [-0.15, -0.1) is 0 Å². The quantitative estimate of drug-likeness (QED) is 0.343. The SMILES string of the molecule is Cc1ccc(NC(=O)N(S)Cc2ccccc2)cc1Nc1ncc(-c2ccncc2)o1. The Balaban J connectivity index is 1.44. The molecule has 0 saturated heterocycles. The molecule has 0 spiro atoms. The zero-order chi connectivity index (χ0) is 21.6. The number of nitrogens with zero attached hydrogens (tertiary/aromatic N) is 3. The van der Waals surface area contributed by atoms with Crippen molar-refractivity contribution >= 4 is 36.2 Å². The Morgan fingerprint density at radius 3 is 2.65 bits per heavy atom. The van der Waals surface area contributed by atoms with E-state index in [0.29, 0.717) is 24.0 Å². The van der Waals surface area contributed by atoms with Crippen LogP contribution in [0, 0.1) is 6.92 Å². The van der Waals surface area contributed by atoms with E-state index in [-0.39, 0.29) is 6.03 Å². The smallest absolute Gasteiger partial charge is 0.331 e. The Morgan fingerprint density at radius 2 is 1.87 bits per heavy atom. The molecule has 0 bridgehead atoms. The fraction of sp³-hybridized carbons (Fsp3) is 0.0870. The first-order valence-corrected chi connectivity index (χ1v) is 10.0. The summed E-state index contributed by atoms with van der Waals surface area (Å²) < 4.78 is 7.13. The molecule has 2 aromatic heterocycles. The van der Waals surface area contributed by atoms with Gasteiger partial charge >= 0.3 is 6.03 Å². The third-order valence-corrected chi connectivity index (χ3v) is 4.93. The molecule has 7 nitrogen and oxygen atoms in total. The lowest BCUT2D eigenvalue weighted by Gasteiger charge is -2.17. The first-order chi connectivity index (χ1) is 15.1. The van der Waals surface area contributed by atoms with Crippen LogP contribution in [0.15, 0.2) is 83.7 Å². The molecular weight excluding hydrogens is 410 g/mol. The van der Waals surface area contributed by atoms with Crippen LogP contribution in [0.3, 0.4) is 0 Å². The van der Waals surface area contributed by atoms with Crippen LogP contribution in [0.5, 0.6) is 0 Å². The molecule has 0 atom stereocenters. The minimum atomic E-state index is -0.321. The second-order valence-corrected chi connectivity index (χ2v) is 7.38. The summed E-state index contributed by atoms with van der Waals surface area (Å²) in [4.78, 5) is 20.8. The Kier molecular flexibility index (Phi) is 6.18. The van der Waals surface area contributed by atoms with E-state index in [0.717, 1.165) is 22.4 Å². The molecular formula is C23H21N5O2S. The maximum atomic E-state index is 12.5. The van der Waals surface area contributed by atoms with Crippen molar-refractivity contribution in [3.05, 3.63) is 90.4 Å². The van der Waals surface area contributed by atoms with Crippen LogP contribution in [-0.4, -0.2) is 20.3 Å². The van der Waals surface area contributed by atoms with Crippen molar-refractivity contribution in [1.29, 1.82) is 0 Å². The molecule has 156 valence electrons. The Labute approximate surface area is 185 Å². The molecule has 4 aromatic rings. The average molecular weight is 432 g/mol. The predicted molar refractivity (Wildman–Crippen MR) is 124 cm³/mol. The number of thiol groups is 1. The van der Waals surface area contributed by atoms with E-state index in [2.05, 4.69) is 33.4 Å². The fourth-order valence-corrected chi connectivity index (χ4v) is 3.16. The van der Waals surface area contributed by atoms with Crippen molar-refractivity contribution in [2.24, 2.45) is 0 Å². The highest BCUT2D eigenvalue weighted by Gasteiger charge is 2.13. The third kappa shape index (κ3) is 5.23. The van der Waals surface area contributed by atoms with Gasteiger partial charge in [-0.05, 0) is 42.3 Å². The molecule has 0 aliphatic carbocycles. The molecule has 0 fully saturated rings. The molecule has 0 unspecified atom stereocenters. The summed E-state index contributed by atoms with van der Waals surface area (Å²) >= 11 is 4.31. The molecule has 2 N–H and O–H groups in total. The number of hydrogen-bond acceptors (Lipinski definition) is 6. The molecule has 0 aliphatic rings. The maximum Gasteiger partial charge on any atom is 0.331 e. The van der Waals surface area contributed by atoms with Gasteiger partial charge < -0.3 is 15.1 Å². The summed E-state index contributed by atoms with van der Waals surface area (Å²) in [5, 5.41) is 6.03. The second-order valence-electron chi connectivity index (χ2n) is 6.89. The zero-order valence-electron chi connectivity index (χ0n) is 16.8. The van der Waals surface area contributed by atoms with E-state index in [9.17, 15) is 4.79 Å². The number of pyridine rings is 1. The van der Waals surface area contributed by atoms with E-state index < -0.39 is 0 Å². The van der Waals surface area contributed by atoms with Crippen molar-refractivity contribution in [2.75, 3.05) is 10.6 Å². The van der Waals surface area contributed by atoms with Crippen LogP contribution >= 0.6 is 12.8 Å². The highest BCUT2D eigenvalue weighted by Crippen LogP contribution is 2.27. The number of amides is 2. The van der Waals surface area contributed by atoms with Gasteiger partial charge in [-0.2, -0.15) is 0 Å². The van der Waals surface area contributed by atoms with Crippen molar-refractivity contribution in [1.82, 2.24) is 14.3 Å². The lowest BCUT2D eigenvalue weighted by molar-refractivity contribution is 0.238. The number of nitrogens with one attached hydrogen (secondary N) is 2. The van der Waals surface area contributed by atoms with Gasteiger partial charge in [-0.1, -0.05) is 49.2 Å². The first-order valence-electron chi connectivity index (χ1n) is 9.64. The number of aryl methyl sites for hydroxylation is 1. The fourth-order valence-electron chi connectivity index (χ4n) is 2.95. The number of urea groups is 1. The van der Waals surface area contributed by atoms with Crippen molar-refractivity contribution in [3.8, 4) is 11.3 Å². The second kappa shape index (κ2) is 9.36. The molecule has 2 heterocycles. The predicted octanol–water partition coefficient (Wildman–Crippen LogP) is 5.67. The maximum absolute atomic E-state index is 12.5. The Morgan fingerprint density at radius 1 is 1.10 bits per heavy atom. The van der Waals surface area contributed by atoms with Crippen molar-refractivity contribution in [3.63, 3.8) is 0 Å². The number of aromatic nitrogens is 2. The van der Waals surface area contributed by atoms with Crippen LogP contribution in [-0.2, 0) is 6.54 Å². The standard InChI is InChI=1S/C23H21N5O2S/c1-16-7-8-19(26-23(29)28(31)15-17-5-3-2-4-6-17)13-20(16)27-22-25-14-21(30-22)18-9-11-24-12-10-18/h2-14,31H,15H2,1H3,(H,25,27)(H,26,29). The van der Waals surface area contributed by atoms with Gasteiger partial charge in [0, 0.05) is 29.3 Å². The highest BCUT2D eigenvalue weighted by atomic mass is 32.1. The summed E-state index contributed by atoms with van der Waals surface area (Å²) in [5.74, 6) is 0.638. The molecule has 2 aromatic carbocycles. The van der Waals surface area contributed by atoms with Crippen molar-refractivity contribution in [2.45, 2.75) is 13.5 Å². The van der Waals surface area contributed by atoms with Gasteiger partial charge in [-0.3, -0.25) is 9.29 Å². The van der Waals surface area contributed by atoms with Gasteiger partial charge in [0.2, 0.25) is 0 Å². The normalized spacial score (nSPS) is 10.5. The van der Waals surface area contributed by atoms with E-state index in [4.69, 9.17) is 4.42 Å². The Bertz CT molecular complexity index is 1170. The van der Waals surface area contributed by atoms with Crippen LogP contribution in [0.4, 0.5) is 22.2 Å². The minimum Gasteiger partial charge on any atom is -0.423 e. The largest absolute Gasteiger partial charge is 0.423 e. The average Bonchev–Trinajstić information content (AvgIpc) is 3.26. The lowest BCUT2D eigenvalue weighted by Crippen LogP contribution is -2.26. The Hall–Kier alpha value is -3.78. The van der Waals surface area contributed by atoms with Gasteiger partial charge in [0.25, 0.3) is 6.01 Å². The monoisotopic (exact) mass is 431 g/mol. The third-order valence-electron chi connectivity index (χ3n) is 4.61. The zero-order valence-corrected chi connectivity index (χ0v) is 17.7. The minimum absolute atomic E-state index is 0.321. The number of oxazole rings is 1. The number of carbonyl (C=O) groups excluding carboxylic acids is 1. The number of rotatable bonds is 6. The topological polar surface area (TPSA) is 83.3 Å². The summed E-state index contributed by atoms with van der Waals surface area (Å²) in [6.07, 6.45) is 5.05. The van der Waals surface area contributed by atoms with E-state index in [1.165, 1.54) is 4.31 Å². The summed E-state index contributed by atoms with van der Waals surface area (Å²) in [7, 11) is 0. The van der Waals surface area contributed by atoms with E-state index >= 15 is 0 Å². The van der Waals surface area contributed by atoms with Crippen molar-refractivity contribution < 1.29 is 9.21 Å². The van der Waals surface area contributed by atoms with E-state index in [1.807, 2.05) is 67.6 Å². The highest BCUT2D eigenvalue weighted by molar-refractivity contribution is 7.78. The summed E-state index contributed by atoms with van der Waals surface area (Å²) in [6.45, 7) is 2.35. The molecule has 4 rings (SSSR count). The number of anilines is 3. The van der Waals surface area contributed by atoms with Gasteiger partial charge in [-0.25, -0.2) is 9.78 Å². The van der Waals surface area contributed by atoms with Crippen LogP contribution in [0.1, 0.15) is 11.1 Å². The molecule has 0 saturated carbocycles.